The van der Waals surface area contributed by atoms with Gasteiger partial charge in [0.15, 0.2) is 0 Å². The normalized spacial score (nSPS) is 20.4. The molecule has 0 spiro atoms. The second kappa shape index (κ2) is 17.4. The second-order valence-electron chi connectivity index (χ2n) is 16.0. The summed E-state index contributed by atoms with van der Waals surface area (Å²) in [4.78, 5) is 46.8. The van der Waals surface area contributed by atoms with Gasteiger partial charge < -0.3 is 40.2 Å². The van der Waals surface area contributed by atoms with Crippen LogP contribution in [0, 0.1) is 11.8 Å². The fourth-order valence-electron chi connectivity index (χ4n) is 9.09. The zero-order valence-electron chi connectivity index (χ0n) is 32.5. The lowest BCUT2D eigenvalue weighted by Gasteiger charge is -2.50. The quantitative estimate of drug-likeness (QED) is 0.0945. The van der Waals surface area contributed by atoms with Crippen LogP contribution in [0.25, 0.3) is 10.9 Å². The summed E-state index contributed by atoms with van der Waals surface area (Å²) in [7, 11) is 0. The number of carbonyl (C=O) groups excluding carboxylic acids is 1. The molecule has 5 N–H and O–H groups in total. The number of carboxylic acid groups (broad SMARTS) is 1. The van der Waals surface area contributed by atoms with Crippen molar-refractivity contribution in [3.05, 3.63) is 141 Å². The number of carbonyl (C=O) groups is 2. The molecule has 0 unspecified atom stereocenters. The monoisotopic (exact) mass is 785 g/mol. The van der Waals surface area contributed by atoms with E-state index in [4.69, 9.17) is 4.74 Å². The molecule has 58 heavy (non-hydrogen) atoms. The summed E-state index contributed by atoms with van der Waals surface area (Å²) in [6, 6.07) is 30.9. The van der Waals surface area contributed by atoms with Gasteiger partial charge in [-0.15, -0.1) is 0 Å². The summed E-state index contributed by atoms with van der Waals surface area (Å²) in [6.07, 6.45) is 1.92. The van der Waals surface area contributed by atoms with Crippen LogP contribution < -0.4 is 15.6 Å². The summed E-state index contributed by atoms with van der Waals surface area (Å²) in [6.45, 7) is 5.36. The predicted octanol–water partition coefficient (Wildman–Crippen LogP) is 6.15. The molecule has 0 aliphatic carbocycles. The van der Waals surface area contributed by atoms with Gasteiger partial charge in [0, 0.05) is 49.7 Å². The molecule has 12 heteroatoms. The van der Waals surface area contributed by atoms with Gasteiger partial charge in [-0.2, -0.15) is 0 Å². The van der Waals surface area contributed by atoms with E-state index in [0.717, 1.165) is 62.0 Å². The number of aromatic amines is 1. The molecule has 4 saturated heterocycles. The van der Waals surface area contributed by atoms with Gasteiger partial charge in [0.05, 0.1) is 30.3 Å². The van der Waals surface area contributed by atoms with E-state index in [1.54, 1.807) is 17.0 Å². The Labute approximate surface area is 337 Å². The van der Waals surface area contributed by atoms with Crippen LogP contribution in [-0.2, 0) is 6.54 Å². The van der Waals surface area contributed by atoms with Crippen molar-refractivity contribution in [2.75, 3.05) is 45.9 Å². The van der Waals surface area contributed by atoms with Crippen molar-refractivity contribution < 1.29 is 29.6 Å². The van der Waals surface area contributed by atoms with E-state index in [2.05, 4.69) is 15.2 Å². The predicted molar refractivity (Wildman–Crippen MR) is 221 cm³/mol. The summed E-state index contributed by atoms with van der Waals surface area (Å²) in [5.74, 6) is 1.30. The number of nitrogens with zero attached hydrogens (tertiary/aromatic N) is 3. The Hall–Kier alpha value is -5.69. The zero-order valence-corrected chi connectivity index (χ0v) is 32.5. The van der Waals surface area contributed by atoms with E-state index in [1.807, 2.05) is 83.8 Å². The van der Waals surface area contributed by atoms with Crippen LogP contribution in [0.3, 0.4) is 0 Å². The molecule has 0 radical (unpaired) electrons. The molecule has 4 aliphatic heterocycles. The Balaban J connectivity index is 0.834. The summed E-state index contributed by atoms with van der Waals surface area (Å²) >= 11 is 0. The van der Waals surface area contributed by atoms with Gasteiger partial charge >= 0.3 is 6.09 Å². The topological polar surface area (TPSA) is 159 Å². The molecule has 3 atom stereocenters. The number of ether oxygens (including phenoxy) is 1. The van der Waals surface area contributed by atoms with Gasteiger partial charge in [-0.25, -0.2) is 4.79 Å². The van der Waals surface area contributed by atoms with Crippen LogP contribution in [0.4, 0.5) is 4.79 Å². The minimum Gasteiger partial charge on any atom is -0.506 e. The molecule has 4 aromatic carbocycles. The lowest BCUT2D eigenvalue weighted by atomic mass is 9.81. The van der Waals surface area contributed by atoms with E-state index in [9.17, 15) is 29.7 Å². The third-order valence-electron chi connectivity index (χ3n) is 12.3. The highest BCUT2D eigenvalue weighted by molar-refractivity contribution is 5.94. The van der Waals surface area contributed by atoms with Crippen LogP contribution >= 0.6 is 0 Å². The minimum atomic E-state index is -0.900. The largest absolute Gasteiger partial charge is 0.506 e. The number of fused-ring (bicyclic) bond motifs is 4. The number of likely N-dealkylation sites (tertiary alicyclic amines) is 1. The number of amides is 2. The Morgan fingerprint density at radius 3 is 2.31 bits per heavy atom. The van der Waals surface area contributed by atoms with Crippen molar-refractivity contribution in [2.45, 2.75) is 50.4 Å². The lowest BCUT2D eigenvalue weighted by Crippen LogP contribution is -2.59. The van der Waals surface area contributed by atoms with E-state index in [1.165, 1.54) is 12.1 Å². The lowest BCUT2D eigenvalue weighted by molar-refractivity contribution is -0.000816. The maximum atomic E-state index is 13.4. The van der Waals surface area contributed by atoms with Crippen LogP contribution in [0.5, 0.6) is 11.5 Å². The number of hydrogen-bond donors (Lipinski definition) is 5. The number of rotatable bonds is 13. The summed E-state index contributed by atoms with van der Waals surface area (Å²) in [5, 5.41) is 35.5. The fourth-order valence-corrected chi connectivity index (χ4v) is 9.09. The Morgan fingerprint density at radius 1 is 0.862 bits per heavy atom. The Bertz CT molecular complexity index is 2270. The number of phenolic OH excluding ortho intramolecular Hbond substituents is 1. The SMILES string of the molecule is O=C(c1ccc(CNC[C@H](O)c2ccc(O)c3[nH]c(=O)ccc23)cc1)N1CCC(COc2cccc([C@H](c3ccccc3)N(C(=O)O)[C@H]3CN4CCC3CC4)c2)CC1. The first-order valence-corrected chi connectivity index (χ1v) is 20.3. The number of H-pyrrole nitrogens is 1. The molecular formula is C46H51N5O7. The molecule has 5 aromatic rings. The number of benzene rings is 4. The average molecular weight is 786 g/mol. The van der Waals surface area contributed by atoms with Crippen molar-refractivity contribution in [3.8, 4) is 11.5 Å². The molecule has 1 aromatic heterocycles. The van der Waals surface area contributed by atoms with Gasteiger partial charge in [-0.3, -0.25) is 14.5 Å². The number of nitrogens with one attached hydrogen (secondary N) is 2. The number of hydrogen-bond acceptors (Lipinski definition) is 8. The summed E-state index contributed by atoms with van der Waals surface area (Å²) in [5.41, 5.74) is 3.99. The van der Waals surface area contributed by atoms with Crippen molar-refractivity contribution in [3.63, 3.8) is 0 Å². The molecule has 9 rings (SSSR count). The molecular weight excluding hydrogens is 735 g/mol. The average Bonchev–Trinajstić information content (AvgIpc) is 3.26. The number of aliphatic hydroxyl groups excluding tert-OH is 1. The Kier molecular flexibility index (Phi) is 11.8. The maximum absolute atomic E-state index is 13.4. The standard InChI is InChI=1S/C46H51N5O7/c52-40-15-13-37(38-14-16-42(54)48-43(38)40)41(53)27-47-26-30-9-11-34(12-10-30)45(55)50-23-17-31(18-24-50)29-58-36-8-4-7-35(25-36)44(33-5-2-1-3-6-33)51(46(56)57)39-28-49-21-19-32(39)20-22-49/h1-16,25,31-32,39,41,44,47,52-53H,17-24,26-29H2,(H,48,54)(H,56,57)/t39-,41-,44-/m0/s1. The molecule has 12 nitrogen and oxygen atoms in total. The number of aliphatic hydroxyl groups is 1. The van der Waals surface area contributed by atoms with Gasteiger partial charge in [-0.1, -0.05) is 60.7 Å². The molecule has 2 amide bonds. The van der Waals surface area contributed by atoms with Gasteiger partial charge in [0.1, 0.15) is 11.5 Å². The minimum absolute atomic E-state index is 0.00261. The van der Waals surface area contributed by atoms with Crippen LogP contribution in [-0.4, -0.2) is 98.9 Å². The van der Waals surface area contributed by atoms with E-state index >= 15 is 0 Å². The van der Waals surface area contributed by atoms with Gasteiger partial charge in [-0.05, 0) is 109 Å². The fraction of sp³-hybridized carbons (Fsp3) is 0.370. The van der Waals surface area contributed by atoms with Gasteiger partial charge in [0.2, 0.25) is 5.56 Å². The molecule has 0 saturated carbocycles. The van der Waals surface area contributed by atoms with Crippen molar-refractivity contribution >= 4 is 22.9 Å². The molecule has 4 fully saturated rings. The third-order valence-corrected chi connectivity index (χ3v) is 12.3. The zero-order chi connectivity index (χ0) is 40.2. The van der Waals surface area contributed by atoms with E-state index in [-0.39, 0.29) is 35.7 Å². The Morgan fingerprint density at radius 2 is 1.60 bits per heavy atom. The highest BCUT2D eigenvalue weighted by atomic mass is 16.5. The van der Waals surface area contributed by atoms with Crippen molar-refractivity contribution in [1.82, 2.24) is 25.0 Å². The number of aromatic nitrogens is 1. The van der Waals surface area contributed by atoms with Crippen molar-refractivity contribution in [1.29, 1.82) is 0 Å². The number of piperidine rings is 4. The first-order chi connectivity index (χ1) is 28.2. The van der Waals surface area contributed by atoms with Gasteiger partial charge in [0.25, 0.3) is 5.91 Å². The smallest absolute Gasteiger partial charge is 0.408 e. The van der Waals surface area contributed by atoms with Crippen LogP contribution in [0.15, 0.2) is 108 Å². The second-order valence-corrected chi connectivity index (χ2v) is 16.0. The first kappa shape index (κ1) is 39.2. The van der Waals surface area contributed by atoms with Crippen LogP contribution in [0.1, 0.15) is 70.4 Å². The first-order valence-electron chi connectivity index (χ1n) is 20.3. The van der Waals surface area contributed by atoms with Crippen molar-refractivity contribution in [2.24, 2.45) is 11.8 Å². The molecule has 302 valence electrons. The van der Waals surface area contributed by atoms with E-state index in [0.29, 0.717) is 59.9 Å². The number of phenols is 1. The van der Waals surface area contributed by atoms with E-state index < -0.39 is 18.2 Å². The molecule has 5 heterocycles. The van der Waals surface area contributed by atoms with Crippen LogP contribution in [0.2, 0.25) is 0 Å². The molecule has 4 aliphatic rings. The number of aromatic hydroxyl groups is 1. The number of pyridine rings is 1. The molecule has 2 bridgehead atoms. The summed E-state index contributed by atoms with van der Waals surface area (Å²) < 4.78 is 6.38. The highest BCUT2D eigenvalue weighted by Crippen LogP contribution is 2.39. The maximum Gasteiger partial charge on any atom is 0.408 e. The third kappa shape index (κ3) is 8.59. The highest BCUT2D eigenvalue weighted by Gasteiger charge is 2.43.